The molecule has 1 N–H and O–H groups in total. The molecule has 0 aromatic carbocycles. The van der Waals surface area contributed by atoms with Gasteiger partial charge in [-0.05, 0) is 44.2 Å². The van der Waals surface area contributed by atoms with Crippen molar-refractivity contribution in [1.82, 2.24) is 30.0 Å². The number of aromatic nitrogens is 5. The topological polar surface area (TPSA) is 98.7 Å². The van der Waals surface area contributed by atoms with Gasteiger partial charge in [-0.2, -0.15) is 4.98 Å². The molecule has 0 saturated carbocycles. The molecule has 3 aromatic heterocycles. The van der Waals surface area contributed by atoms with Gasteiger partial charge in [0.1, 0.15) is 17.8 Å². The quantitative estimate of drug-likeness (QED) is 0.618. The van der Waals surface area contributed by atoms with Gasteiger partial charge in [0.2, 0.25) is 0 Å². The summed E-state index contributed by atoms with van der Waals surface area (Å²) in [4.78, 5) is 25.3. The molecule has 1 aliphatic rings. The average molecular weight is 392 g/mol. The Hall–Kier alpha value is -3.29. The molecule has 3 aromatic rings. The van der Waals surface area contributed by atoms with Crippen molar-refractivity contribution in [2.24, 2.45) is 0 Å². The molecule has 0 unspecified atom stereocenters. The number of nitrogens with one attached hydrogen (secondary N) is 1. The van der Waals surface area contributed by atoms with Crippen molar-refractivity contribution in [1.29, 1.82) is 0 Å². The molecule has 4 rings (SSSR count). The second kappa shape index (κ2) is 8.81. The van der Waals surface area contributed by atoms with Gasteiger partial charge in [-0.3, -0.25) is 9.36 Å². The van der Waals surface area contributed by atoms with Crippen LogP contribution in [0.3, 0.4) is 0 Å². The molecule has 3 heterocycles. The highest BCUT2D eigenvalue weighted by molar-refractivity contribution is 5.92. The number of rotatable bonds is 7. The summed E-state index contributed by atoms with van der Waals surface area (Å²) in [5.74, 6) is 1.54. The van der Waals surface area contributed by atoms with E-state index in [4.69, 9.17) is 4.52 Å². The largest absolute Gasteiger partial charge is 0.350 e. The molecule has 0 spiro atoms. The Balaban J connectivity index is 1.41. The zero-order chi connectivity index (χ0) is 20.1. The molecule has 0 bridgehead atoms. The highest BCUT2D eigenvalue weighted by Crippen LogP contribution is 2.20. The summed E-state index contributed by atoms with van der Waals surface area (Å²) in [5.41, 5.74) is 2.57. The van der Waals surface area contributed by atoms with Crippen molar-refractivity contribution >= 4 is 5.91 Å². The third-order valence-electron chi connectivity index (χ3n) is 4.97. The maximum atomic E-state index is 12.4. The number of amides is 1. The number of imidazole rings is 1. The summed E-state index contributed by atoms with van der Waals surface area (Å²) in [7, 11) is 0. The van der Waals surface area contributed by atoms with Gasteiger partial charge in [-0.25, -0.2) is 9.97 Å². The maximum absolute atomic E-state index is 12.4. The summed E-state index contributed by atoms with van der Waals surface area (Å²) in [6.45, 7) is 2.60. The Labute approximate surface area is 169 Å². The van der Waals surface area contributed by atoms with Crippen LogP contribution in [0, 0.1) is 0 Å². The third kappa shape index (κ3) is 4.59. The van der Waals surface area contributed by atoms with E-state index in [0.717, 1.165) is 24.8 Å². The van der Waals surface area contributed by atoms with E-state index in [9.17, 15) is 4.79 Å². The summed E-state index contributed by atoms with van der Waals surface area (Å²) in [6.07, 6.45) is 13.7. The van der Waals surface area contributed by atoms with Crippen LogP contribution < -0.4 is 5.32 Å². The number of nitrogens with zero attached hydrogens (tertiary/aromatic N) is 5. The van der Waals surface area contributed by atoms with Gasteiger partial charge in [-0.15, -0.1) is 0 Å². The van der Waals surface area contributed by atoms with E-state index < -0.39 is 0 Å². The molecular formula is C21H24N6O2. The lowest BCUT2D eigenvalue weighted by Gasteiger charge is -2.12. The highest BCUT2D eigenvalue weighted by atomic mass is 16.5. The number of aryl methyl sites for hydroxylation is 1. The van der Waals surface area contributed by atoms with Gasteiger partial charge in [0.25, 0.3) is 11.8 Å². The monoisotopic (exact) mass is 392 g/mol. The van der Waals surface area contributed by atoms with Gasteiger partial charge >= 0.3 is 0 Å². The van der Waals surface area contributed by atoms with Crippen molar-refractivity contribution < 1.29 is 9.32 Å². The SMILES string of the molecule is CCc1noc(-c2ccnc(-n3cnc(C(=O)NCCC4=CCCCC4)c3)c2)n1. The number of carbonyl (C=O) groups is 1. The van der Waals surface area contributed by atoms with Crippen LogP contribution in [0.4, 0.5) is 0 Å². The van der Waals surface area contributed by atoms with E-state index in [2.05, 4.69) is 31.5 Å². The lowest BCUT2D eigenvalue weighted by Crippen LogP contribution is -2.25. The fourth-order valence-electron chi connectivity index (χ4n) is 3.33. The molecule has 0 fully saturated rings. The highest BCUT2D eigenvalue weighted by Gasteiger charge is 2.13. The Morgan fingerprint density at radius 2 is 2.24 bits per heavy atom. The number of pyridine rings is 1. The molecule has 0 saturated heterocycles. The van der Waals surface area contributed by atoms with Crippen LogP contribution in [0.25, 0.3) is 17.3 Å². The lowest BCUT2D eigenvalue weighted by atomic mass is 9.97. The summed E-state index contributed by atoms with van der Waals surface area (Å²) in [6, 6.07) is 3.63. The number of carbonyl (C=O) groups excluding carboxylic acids is 1. The van der Waals surface area contributed by atoms with Crippen LogP contribution in [-0.4, -0.2) is 37.1 Å². The molecule has 1 aliphatic carbocycles. The Morgan fingerprint density at radius 1 is 1.31 bits per heavy atom. The summed E-state index contributed by atoms with van der Waals surface area (Å²) >= 11 is 0. The molecule has 8 heteroatoms. The summed E-state index contributed by atoms with van der Waals surface area (Å²) < 4.78 is 7.00. The molecule has 0 atom stereocenters. The van der Waals surface area contributed by atoms with Gasteiger partial charge in [0.05, 0.1) is 0 Å². The molecule has 29 heavy (non-hydrogen) atoms. The van der Waals surface area contributed by atoms with E-state index in [-0.39, 0.29) is 5.91 Å². The van der Waals surface area contributed by atoms with Gasteiger partial charge < -0.3 is 9.84 Å². The van der Waals surface area contributed by atoms with Crippen LogP contribution in [0.5, 0.6) is 0 Å². The van der Waals surface area contributed by atoms with Crippen molar-refractivity contribution in [3.05, 3.63) is 54.0 Å². The molecule has 0 radical (unpaired) electrons. The fraction of sp³-hybridized carbons (Fsp3) is 0.381. The first-order valence-electron chi connectivity index (χ1n) is 10.0. The van der Waals surface area contributed by atoms with Crippen LogP contribution >= 0.6 is 0 Å². The van der Waals surface area contributed by atoms with Gasteiger partial charge in [0, 0.05) is 30.9 Å². The standard InChI is InChI=1S/C21H24N6O2/c1-2-18-25-21(29-26-18)16-9-11-22-19(12-16)27-13-17(24-14-27)20(28)23-10-8-15-6-4-3-5-7-15/h6,9,11-14H,2-5,7-8,10H2,1H3,(H,23,28). The minimum Gasteiger partial charge on any atom is -0.350 e. The first kappa shape index (κ1) is 19.0. The van der Waals surface area contributed by atoms with Crippen LogP contribution in [0.2, 0.25) is 0 Å². The molecule has 0 aliphatic heterocycles. The van der Waals surface area contributed by atoms with E-state index >= 15 is 0 Å². The van der Waals surface area contributed by atoms with E-state index in [1.807, 2.05) is 13.0 Å². The van der Waals surface area contributed by atoms with Crippen LogP contribution in [-0.2, 0) is 6.42 Å². The lowest BCUT2D eigenvalue weighted by molar-refractivity contribution is 0.0949. The van der Waals surface area contributed by atoms with E-state index in [0.29, 0.717) is 36.2 Å². The normalized spacial score (nSPS) is 13.9. The average Bonchev–Trinajstić information content (AvgIpc) is 3.45. The van der Waals surface area contributed by atoms with Gasteiger partial charge in [0.15, 0.2) is 5.82 Å². The first-order chi connectivity index (χ1) is 14.2. The van der Waals surface area contributed by atoms with E-state index in [1.54, 1.807) is 29.4 Å². The van der Waals surface area contributed by atoms with Gasteiger partial charge in [-0.1, -0.05) is 23.7 Å². The molecule has 150 valence electrons. The fourth-order valence-corrected chi connectivity index (χ4v) is 3.33. The second-order valence-electron chi connectivity index (χ2n) is 7.05. The van der Waals surface area contributed by atoms with E-state index in [1.165, 1.54) is 18.4 Å². The predicted molar refractivity (Wildman–Crippen MR) is 108 cm³/mol. The second-order valence-corrected chi connectivity index (χ2v) is 7.05. The number of hydrogen-bond acceptors (Lipinski definition) is 6. The molecular weight excluding hydrogens is 368 g/mol. The zero-order valence-electron chi connectivity index (χ0n) is 16.5. The smallest absolute Gasteiger partial charge is 0.271 e. The van der Waals surface area contributed by atoms with Crippen LogP contribution in [0.15, 0.2) is 47.0 Å². The van der Waals surface area contributed by atoms with Crippen LogP contribution in [0.1, 0.15) is 55.3 Å². The minimum atomic E-state index is -0.180. The first-order valence-corrected chi connectivity index (χ1v) is 10.0. The van der Waals surface area contributed by atoms with Crippen molar-refractivity contribution in [3.8, 4) is 17.3 Å². The Bertz CT molecular complexity index is 1020. The maximum Gasteiger partial charge on any atom is 0.271 e. The summed E-state index contributed by atoms with van der Waals surface area (Å²) in [5, 5.41) is 6.87. The third-order valence-corrected chi connectivity index (χ3v) is 4.97. The van der Waals surface area contributed by atoms with Crippen molar-refractivity contribution in [2.75, 3.05) is 6.54 Å². The number of allylic oxidation sites excluding steroid dienone is 1. The van der Waals surface area contributed by atoms with Crippen molar-refractivity contribution in [3.63, 3.8) is 0 Å². The number of hydrogen-bond donors (Lipinski definition) is 1. The molecule has 8 nitrogen and oxygen atoms in total. The Kier molecular flexibility index (Phi) is 5.79. The minimum absolute atomic E-state index is 0.180. The predicted octanol–water partition coefficient (Wildman–Crippen LogP) is 3.50. The Morgan fingerprint density at radius 3 is 3.03 bits per heavy atom. The molecule has 1 amide bonds. The zero-order valence-corrected chi connectivity index (χ0v) is 16.5. The van der Waals surface area contributed by atoms with Crippen molar-refractivity contribution in [2.45, 2.75) is 45.4 Å².